The lowest BCUT2D eigenvalue weighted by Gasteiger charge is -0.0777. The van der Waals surface area contributed by atoms with Crippen molar-refractivity contribution in [2.45, 2.75) is 7.40 Å². The van der Waals surface area contributed by atoms with Gasteiger partial charge >= 0.3 is 0 Å². The Hall–Kier alpha value is 1.69. The molecule has 112 valence electrons. The first-order chi connectivity index (χ1) is 27.0. The van der Waals surface area contributed by atoms with Gasteiger partial charge in [-0.1, -0.05) is 7.40 Å². The lowest BCUT2D eigenvalue weighted by molar-refractivity contribution is 2.50. The molecule has 0 saturated carbocycles. The molecular formula is CH30B26. The molecule has 0 heterocycles. The van der Waals surface area contributed by atoms with Crippen molar-refractivity contribution in [2.75, 3.05) is 0 Å². The third kappa shape index (κ3) is 6410. The van der Waals surface area contributed by atoms with Gasteiger partial charge in [-0.15, -0.1) is 0 Å². The molecule has 0 fully saturated rings. The average Bonchev–Trinajstić information content (AvgIpc) is 3.42. The Morgan fingerprint density at radius 1 is 0.185 bits per heavy atom. The SMILES string of the molecule is [2H]C.[2H][B].[2H][B].[2H][B].[2H][B].[2H][B].[2H][B].[2H][B].[2H][B].[2H][B].[2H][B].[2H][B].[2H][B].[2H][B].[2H][B].[2H][B].[2H][B].[2H][B].[2H][B].[2H][B].[2H][B].[2H][B].[2H][B].[2H][B].[2H][B].[2H][B].[2H][B]. The molecule has 52 radical (unpaired) electrons. The molecule has 0 saturated heterocycles. The largest absolute Gasteiger partial charge is 0.0776 e. The highest BCUT2D eigenvalue weighted by molar-refractivity contribution is 5.78. The molecule has 0 rings (SSSR count). The van der Waals surface area contributed by atoms with E-state index in [-0.39, 0.29) is 0 Å². The molecule has 0 nitrogen and oxygen atoms in total. The lowest BCUT2D eigenvalue weighted by Crippen LogP contribution is -0.382. The third-order valence-electron chi connectivity index (χ3n) is 0. The van der Waals surface area contributed by atoms with Gasteiger partial charge in [0, 0.05) is 219 Å². The Labute approximate surface area is 262 Å². The molecule has 0 aliphatic heterocycles. The normalized spacial score (nSPS) is 6.04. The minimum Gasteiger partial charge on any atom is -0.0776 e. The molecular weight excluding hydrogens is 293 g/mol. The van der Waals surface area contributed by atoms with Crippen molar-refractivity contribution in [1.82, 2.24) is 0 Å². The monoisotopic (exact) mass is 356 g/mol. The quantitative estimate of drug-likeness (QED) is 0.381. The second kappa shape index (κ2) is 6920. The van der Waals surface area contributed by atoms with Gasteiger partial charge in [0.15, 0.2) is 0 Å². The molecule has 0 bridgehead atoms. The van der Waals surface area contributed by atoms with Crippen molar-refractivity contribution in [3.63, 3.8) is 0 Å². The van der Waals surface area contributed by atoms with Crippen LogP contribution < -0.4 is 0 Å². The maximum Gasteiger partial charge on any atom is 0.0379 e. The van der Waals surface area contributed by atoms with Crippen LogP contribution in [0.3, 0.4) is 0 Å². The molecule has 0 aromatic heterocycles. The van der Waals surface area contributed by atoms with E-state index in [9.17, 15) is 0 Å². The maximum absolute atomic E-state index is 5.75. The van der Waals surface area contributed by atoms with Gasteiger partial charge < -0.3 is 0 Å². The van der Waals surface area contributed by atoms with Crippen LogP contribution in [0.25, 0.3) is 0 Å². The average molecular weight is 351 g/mol. The first-order valence-electron chi connectivity index (χ1n) is 16.0. The molecule has 0 amide bonds. The van der Waals surface area contributed by atoms with E-state index in [0.717, 1.165) is 0 Å². The van der Waals surface area contributed by atoms with Crippen LogP contribution in [0.2, 0.25) is 0 Å². The van der Waals surface area contributed by atoms with Crippen LogP contribution in [0.1, 0.15) is 8.77 Å². The van der Waals surface area contributed by atoms with Gasteiger partial charge in [0.2, 0.25) is 0 Å². The zero-order chi connectivity index (χ0) is 54.0. The van der Waals surface area contributed by atoms with Gasteiger partial charge in [-0.2, -0.15) is 0 Å². The Kier molecular flexibility index (Phi) is 6850. The summed E-state index contributed by atoms with van der Waals surface area (Å²) in [5.74, 6) is 0. The van der Waals surface area contributed by atoms with Crippen molar-refractivity contribution in [2.24, 2.45) is 0 Å². The lowest BCUT2D eigenvalue weighted by atomic mass is 10.8. The third-order valence-corrected chi connectivity index (χ3v) is 0. The Morgan fingerprint density at radius 3 is 0.185 bits per heavy atom. The minimum atomic E-state index is 1.25. The molecule has 26 heteroatoms. The van der Waals surface area contributed by atoms with Gasteiger partial charge in [-0.3, -0.25) is 0 Å². The molecule has 0 aliphatic rings. The van der Waals surface area contributed by atoms with Crippen molar-refractivity contribution in [3.05, 3.63) is 0 Å². The first-order valence-corrected chi connectivity index (χ1v) is 0. The summed E-state index contributed by atoms with van der Waals surface area (Å²) in [6.07, 6.45) is 0. The van der Waals surface area contributed by atoms with Crippen molar-refractivity contribution < 1.29 is 1.37 Å². The predicted molar refractivity (Wildman–Crippen MR) is 193 cm³/mol. The van der Waals surface area contributed by atoms with Gasteiger partial charge in [-0.05, 0) is 34.7 Å². The van der Waals surface area contributed by atoms with E-state index in [4.69, 9.17) is 36.1 Å². The highest BCUT2D eigenvalue weighted by atomic mass is 12.0. The maximum atomic E-state index is 5.75. The Balaban J connectivity index is -0.00000000561. The van der Waals surface area contributed by atoms with E-state index in [1.165, 1.54) is 7.40 Å². The van der Waals surface area contributed by atoms with E-state index in [1.807, 2.05) is 0 Å². The van der Waals surface area contributed by atoms with Crippen LogP contribution in [0.4, 0.5) is 0 Å². The highest BCUT2D eigenvalue weighted by Gasteiger charge is 0.0631. The summed E-state index contributed by atoms with van der Waals surface area (Å²) in [6.45, 7) is 0. The smallest absolute Gasteiger partial charge is 0.0379 e. The number of hydrogen-bond acceptors (Lipinski definition) is 0. The Bertz CT molecular complexity index is 60.2. The zero-order valence-electron chi connectivity index (χ0n) is 43.0. The summed E-state index contributed by atoms with van der Waals surface area (Å²) in [7, 11) is 98.8. The van der Waals surface area contributed by atoms with E-state index < -0.39 is 0 Å². The van der Waals surface area contributed by atoms with Gasteiger partial charge in [-0.25, -0.2) is 0 Å². The van der Waals surface area contributed by atoms with Crippen LogP contribution in [0.5, 0.6) is 0 Å². The molecule has 27 heavy (non-hydrogen) atoms. The minimum absolute atomic E-state index is 1.25. The predicted octanol–water partition coefficient (Wildman–Crippen LogP) is -16.2. The van der Waals surface area contributed by atoms with Crippen molar-refractivity contribution in [1.29, 1.82) is 34.7 Å². The summed E-state index contributed by atoms with van der Waals surface area (Å²) < 4.78 is 142. The second-order valence-corrected chi connectivity index (χ2v) is 0. The summed E-state index contributed by atoms with van der Waals surface area (Å²) in [5.41, 5.74) is 0. The molecule has 0 unspecified atom stereocenters. The number of rotatable bonds is 0. The molecule has 0 atom stereocenters. The van der Waals surface area contributed by atoms with Crippen LogP contribution in [0.15, 0.2) is 0 Å². The topological polar surface area (TPSA) is 0 Å². The highest BCUT2D eigenvalue weighted by Crippen LogP contribution is 0.144. The fourth-order valence-electron chi connectivity index (χ4n) is 0. The fourth-order valence-corrected chi connectivity index (χ4v) is 0. The zero-order valence-corrected chi connectivity index (χ0v) is 16.0. The van der Waals surface area contributed by atoms with Crippen molar-refractivity contribution in [3.8, 4) is 0 Å². The standard InChI is InChI=1S/CH4.26BH/h1H4;26*1H/i27*1D. The van der Waals surface area contributed by atoms with Crippen LogP contribution in [0, 0.1) is 0 Å². The summed E-state index contributed by atoms with van der Waals surface area (Å²) in [4.78, 5) is 0. The van der Waals surface area contributed by atoms with Crippen LogP contribution >= 0.6 is 0 Å². The fraction of sp³-hybridized carbons (Fsp3) is 1.00. The molecule has 0 spiro atoms. The summed E-state index contributed by atoms with van der Waals surface area (Å²) in [5, 5.41) is 0. The van der Waals surface area contributed by atoms with Crippen LogP contribution in [-0.2, 0) is 0 Å². The first kappa shape index (κ1) is 26.7. The summed E-state index contributed by atoms with van der Waals surface area (Å²) in [6, 6.07) is 0. The molecule has 0 aliphatic carbocycles. The number of hydrogen-bond donors (Lipinski definition) is 0. The van der Waals surface area contributed by atoms with Crippen molar-refractivity contribution >= 4 is 218 Å². The van der Waals surface area contributed by atoms with E-state index in [0.29, 0.717) is 0 Å². The van der Waals surface area contributed by atoms with Crippen LogP contribution in [-0.4, -0.2) is 253 Å². The van der Waals surface area contributed by atoms with E-state index in [1.54, 1.807) is 0 Å². The molecule has 0 N–H and O–H groups in total. The van der Waals surface area contributed by atoms with Gasteiger partial charge in [0.25, 0.3) is 0 Å². The molecule has 0 aromatic carbocycles. The van der Waals surface area contributed by atoms with E-state index >= 15 is 0 Å². The second-order valence-electron chi connectivity index (χ2n) is 0. The summed E-state index contributed by atoms with van der Waals surface area (Å²) >= 11 is 0. The van der Waals surface area contributed by atoms with E-state index in [2.05, 4.69) is 218 Å². The Morgan fingerprint density at radius 2 is 0.185 bits per heavy atom. The van der Waals surface area contributed by atoms with Gasteiger partial charge in [0.05, 0.1) is 0 Å². The van der Waals surface area contributed by atoms with Gasteiger partial charge in [0.1, 0.15) is 0 Å². The molecule has 0 aromatic rings.